The summed E-state index contributed by atoms with van der Waals surface area (Å²) in [6.45, 7) is 4.32. The first kappa shape index (κ1) is 12.6. The first-order valence-electron chi connectivity index (χ1n) is 6.70. The fourth-order valence-corrected chi connectivity index (χ4v) is 2.68. The molecule has 0 saturated heterocycles. The van der Waals surface area contributed by atoms with Gasteiger partial charge in [0.1, 0.15) is 0 Å². The molecule has 0 aromatic carbocycles. The number of hydrogen-bond acceptors (Lipinski definition) is 3. The molecular weight excluding hydrogens is 214 g/mol. The van der Waals surface area contributed by atoms with Gasteiger partial charge in [-0.25, -0.2) is 0 Å². The lowest BCUT2D eigenvalue weighted by Crippen LogP contribution is -2.34. The molecule has 4 nitrogen and oxygen atoms in total. The van der Waals surface area contributed by atoms with Gasteiger partial charge in [0.05, 0.1) is 5.69 Å². The second kappa shape index (κ2) is 6.17. The Kier molecular flexibility index (Phi) is 4.57. The maximum absolute atomic E-state index is 9.27. The van der Waals surface area contributed by atoms with Gasteiger partial charge >= 0.3 is 0 Å². The first-order chi connectivity index (χ1) is 8.35. The Morgan fingerprint density at radius 1 is 1.53 bits per heavy atom. The lowest BCUT2D eigenvalue weighted by molar-refractivity contribution is 0.204. The van der Waals surface area contributed by atoms with E-state index in [1.165, 1.54) is 18.5 Å². The van der Waals surface area contributed by atoms with E-state index >= 15 is 0 Å². The molecule has 1 aromatic heterocycles. The van der Waals surface area contributed by atoms with Gasteiger partial charge in [0, 0.05) is 31.9 Å². The van der Waals surface area contributed by atoms with Crippen LogP contribution in [0.4, 0.5) is 0 Å². The average molecular weight is 237 g/mol. The lowest BCUT2D eigenvalue weighted by Gasteiger charge is -2.19. The number of rotatable bonds is 6. The van der Waals surface area contributed by atoms with Gasteiger partial charge in [-0.05, 0) is 31.2 Å². The Balaban J connectivity index is 1.86. The fourth-order valence-electron chi connectivity index (χ4n) is 2.68. The summed E-state index contributed by atoms with van der Waals surface area (Å²) in [5, 5.41) is 17.2. The van der Waals surface area contributed by atoms with Crippen molar-refractivity contribution in [2.45, 2.75) is 51.7 Å². The van der Waals surface area contributed by atoms with Gasteiger partial charge in [0.2, 0.25) is 0 Å². The average Bonchev–Trinajstić information content (AvgIpc) is 2.95. The summed E-state index contributed by atoms with van der Waals surface area (Å²) in [7, 11) is 0. The van der Waals surface area contributed by atoms with E-state index in [1.807, 2.05) is 6.20 Å². The van der Waals surface area contributed by atoms with Crippen molar-refractivity contribution < 1.29 is 5.11 Å². The monoisotopic (exact) mass is 237 g/mol. The van der Waals surface area contributed by atoms with Crippen LogP contribution in [0.15, 0.2) is 12.3 Å². The van der Waals surface area contributed by atoms with Crippen molar-refractivity contribution in [3.05, 3.63) is 18.0 Å². The summed E-state index contributed by atoms with van der Waals surface area (Å²) in [4.78, 5) is 0. The van der Waals surface area contributed by atoms with Crippen LogP contribution in [0.2, 0.25) is 0 Å². The fraction of sp³-hybridized carbons (Fsp3) is 0.769. The van der Waals surface area contributed by atoms with Crippen LogP contribution in [0.1, 0.15) is 38.3 Å². The predicted molar refractivity (Wildman–Crippen MR) is 67.6 cm³/mol. The quantitative estimate of drug-likeness (QED) is 0.789. The van der Waals surface area contributed by atoms with Gasteiger partial charge in [-0.15, -0.1) is 0 Å². The molecule has 1 aliphatic rings. The van der Waals surface area contributed by atoms with E-state index in [0.29, 0.717) is 18.6 Å². The Hall–Kier alpha value is -0.870. The standard InChI is InChI=1S/C13H23N3O/c1-2-8-16-12(6-7-15-16)9-14-13-5-3-4-11(13)10-17/h6-7,11,13-14,17H,2-5,8-10H2,1H3. The third-order valence-electron chi connectivity index (χ3n) is 3.68. The molecule has 0 aliphatic heterocycles. The molecule has 1 aromatic rings. The molecular formula is C13H23N3O. The number of aliphatic hydroxyl groups excluding tert-OH is 1. The van der Waals surface area contributed by atoms with Crippen LogP contribution < -0.4 is 5.32 Å². The number of aliphatic hydroxyl groups is 1. The molecule has 0 radical (unpaired) electrons. The van der Waals surface area contributed by atoms with Crippen LogP contribution >= 0.6 is 0 Å². The molecule has 2 atom stereocenters. The van der Waals surface area contributed by atoms with E-state index in [9.17, 15) is 5.11 Å². The molecule has 0 amide bonds. The maximum atomic E-state index is 9.27. The molecule has 2 unspecified atom stereocenters. The Morgan fingerprint density at radius 2 is 2.41 bits per heavy atom. The lowest BCUT2D eigenvalue weighted by atomic mass is 10.1. The summed E-state index contributed by atoms with van der Waals surface area (Å²) in [5.41, 5.74) is 1.25. The second-order valence-corrected chi connectivity index (χ2v) is 4.91. The van der Waals surface area contributed by atoms with Gasteiger partial charge in [0.25, 0.3) is 0 Å². The highest BCUT2D eigenvalue weighted by atomic mass is 16.3. The molecule has 2 rings (SSSR count). The minimum absolute atomic E-state index is 0.311. The summed E-state index contributed by atoms with van der Waals surface area (Å²) < 4.78 is 2.07. The van der Waals surface area contributed by atoms with E-state index in [0.717, 1.165) is 25.9 Å². The molecule has 17 heavy (non-hydrogen) atoms. The number of aryl methyl sites for hydroxylation is 1. The zero-order chi connectivity index (χ0) is 12.1. The molecule has 1 fully saturated rings. The van der Waals surface area contributed by atoms with Crippen molar-refractivity contribution >= 4 is 0 Å². The van der Waals surface area contributed by atoms with Crippen molar-refractivity contribution in [3.8, 4) is 0 Å². The maximum Gasteiger partial charge on any atom is 0.0522 e. The summed E-state index contributed by atoms with van der Waals surface area (Å²) in [6.07, 6.45) is 6.55. The van der Waals surface area contributed by atoms with Crippen LogP contribution in [0.3, 0.4) is 0 Å². The van der Waals surface area contributed by atoms with E-state index in [4.69, 9.17) is 0 Å². The third-order valence-corrected chi connectivity index (χ3v) is 3.68. The van der Waals surface area contributed by atoms with Crippen LogP contribution in [0.25, 0.3) is 0 Å². The predicted octanol–water partition coefficient (Wildman–Crippen LogP) is 1.54. The topological polar surface area (TPSA) is 50.1 Å². The second-order valence-electron chi connectivity index (χ2n) is 4.91. The zero-order valence-corrected chi connectivity index (χ0v) is 10.6. The van der Waals surface area contributed by atoms with Gasteiger partial charge < -0.3 is 10.4 Å². The van der Waals surface area contributed by atoms with Crippen molar-refractivity contribution in [1.82, 2.24) is 15.1 Å². The highest BCUT2D eigenvalue weighted by Crippen LogP contribution is 2.25. The third kappa shape index (κ3) is 3.07. The largest absolute Gasteiger partial charge is 0.396 e. The SMILES string of the molecule is CCCn1nccc1CNC1CCCC1CO. The molecule has 0 bridgehead atoms. The summed E-state index contributed by atoms with van der Waals surface area (Å²) in [5.74, 6) is 0.442. The van der Waals surface area contributed by atoms with Gasteiger partial charge in [0.15, 0.2) is 0 Å². The van der Waals surface area contributed by atoms with Crippen molar-refractivity contribution in [2.75, 3.05) is 6.61 Å². The van der Waals surface area contributed by atoms with Gasteiger partial charge in [-0.1, -0.05) is 13.3 Å². The van der Waals surface area contributed by atoms with Crippen LogP contribution in [0.5, 0.6) is 0 Å². The molecule has 0 spiro atoms. The molecule has 1 saturated carbocycles. The molecule has 1 heterocycles. The summed E-state index contributed by atoms with van der Waals surface area (Å²) in [6, 6.07) is 2.55. The van der Waals surface area contributed by atoms with Crippen LogP contribution in [-0.2, 0) is 13.1 Å². The minimum Gasteiger partial charge on any atom is -0.396 e. The van der Waals surface area contributed by atoms with Crippen molar-refractivity contribution in [2.24, 2.45) is 5.92 Å². The summed E-state index contributed by atoms with van der Waals surface area (Å²) >= 11 is 0. The zero-order valence-electron chi connectivity index (χ0n) is 10.6. The molecule has 96 valence electrons. The van der Waals surface area contributed by atoms with Crippen molar-refractivity contribution in [3.63, 3.8) is 0 Å². The van der Waals surface area contributed by atoms with Crippen LogP contribution in [-0.4, -0.2) is 27.5 Å². The number of aromatic nitrogens is 2. The first-order valence-corrected chi connectivity index (χ1v) is 6.70. The molecule has 4 heteroatoms. The smallest absolute Gasteiger partial charge is 0.0522 e. The minimum atomic E-state index is 0.311. The molecule has 2 N–H and O–H groups in total. The highest BCUT2D eigenvalue weighted by molar-refractivity contribution is 5.01. The highest BCUT2D eigenvalue weighted by Gasteiger charge is 2.26. The van der Waals surface area contributed by atoms with E-state index in [-0.39, 0.29) is 0 Å². The molecule has 1 aliphatic carbocycles. The number of nitrogens with one attached hydrogen (secondary N) is 1. The Morgan fingerprint density at radius 3 is 3.18 bits per heavy atom. The van der Waals surface area contributed by atoms with Gasteiger partial charge in [-0.2, -0.15) is 5.10 Å². The van der Waals surface area contributed by atoms with E-state index < -0.39 is 0 Å². The number of nitrogens with zero attached hydrogens (tertiary/aromatic N) is 2. The number of hydrogen-bond donors (Lipinski definition) is 2. The van der Waals surface area contributed by atoms with Crippen LogP contribution in [0, 0.1) is 5.92 Å². The Bertz CT molecular complexity index is 337. The van der Waals surface area contributed by atoms with Crippen molar-refractivity contribution in [1.29, 1.82) is 0 Å². The normalized spacial score (nSPS) is 24.4. The van der Waals surface area contributed by atoms with E-state index in [2.05, 4.69) is 28.1 Å². The van der Waals surface area contributed by atoms with E-state index in [1.54, 1.807) is 0 Å². The Labute approximate surface area is 103 Å². The van der Waals surface area contributed by atoms with Gasteiger partial charge in [-0.3, -0.25) is 4.68 Å².